The Hall–Kier alpha value is -2.91. The predicted octanol–water partition coefficient (Wildman–Crippen LogP) is 3.89. The second kappa shape index (κ2) is 12.8. The number of hydrogen-bond acceptors (Lipinski definition) is 8. The average molecular weight is 568 g/mol. The topological polar surface area (TPSA) is 118 Å². The smallest absolute Gasteiger partial charge is 0.265 e. The lowest BCUT2D eigenvalue weighted by Gasteiger charge is -2.32. The number of amides is 1. The fourth-order valence-electron chi connectivity index (χ4n) is 3.79. The minimum Gasteiger partial charge on any atom is -0.490 e. The molecule has 1 heterocycles. The number of nitriles is 1. The van der Waals surface area contributed by atoms with E-state index in [9.17, 15) is 22.9 Å². The number of carbonyl (C=O) groups excluding carboxylic acids is 1. The van der Waals surface area contributed by atoms with Crippen LogP contribution >= 0.6 is 11.6 Å². The standard InChI is InChI=1S/C26H31ClFN3O6S/c1-26(11-4-5-13-36-26)25(32)30-38(33,34)22-14-18(16-29)24(23(27)15-22)37-21(10-12-31(2)3)17-35-20-8-6-19(28)7-9-20/h6-9,14-15,21H,4-5,10-13,17H2,1-3H3,(H,30,32)/t21-,26-/m1/s1. The van der Waals surface area contributed by atoms with Crippen LogP contribution in [0, 0.1) is 17.1 Å². The van der Waals surface area contributed by atoms with Gasteiger partial charge in [-0.15, -0.1) is 0 Å². The molecule has 0 spiro atoms. The summed E-state index contributed by atoms with van der Waals surface area (Å²) in [7, 11) is -0.577. The maximum Gasteiger partial charge on any atom is 0.265 e. The van der Waals surface area contributed by atoms with E-state index in [4.69, 9.17) is 25.8 Å². The van der Waals surface area contributed by atoms with Gasteiger partial charge in [-0.05, 0) is 76.7 Å². The Morgan fingerprint density at radius 1 is 1.29 bits per heavy atom. The van der Waals surface area contributed by atoms with E-state index in [-0.39, 0.29) is 27.8 Å². The highest BCUT2D eigenvalue weighted by atomic mass is 35.5. The zero-order valence-corrected chi connectivity index (χ0v) is 23.1. The van der Waals surface area contributed by atoms with Crippen molar-refractivity contribution in [2.75, 3.05) is 33.9 Å². The normalized spacial score (nSPS) is 18.4. The fourth-order valence-corrected chi connectivity index (χ4v) is 5.25. The molecule has 1 aliphatic heterocycles. The molecule has 1 amide bonds. The van der Waals surface area contributed by atoms with Crippen molar-refractivity contribution in [2.24, 2.45) is 0 Å². The molecule has 0 saturated carbocycles. The van der Waals surface area contributed by atoms with Crippen molar-refractivity contribution >= 4 is 27.5 Å². The van der Waals surface area contributed by atoms with Crippen LogP contribution in [0.5, 0.6) is 11.5 Å². The molecular formula is C26H31ClFN3O6S. The number of sulfonamides is 1. The van der Waals surface area contributed by atoms with Gasteiger partial charge in [-0.2, -0.15) is 5.26 Å². The van der Waals surface area contributed by atoms with Crippen molar-refractivity contribution in [3.63, 3.8) is 0 Å². The molecule has 2 atom stereocenters. The first-order valence-electron chi connectivity index (χ1n) is 12.1. The maximum atomic E-state index is 13.2. The van der Waals surface area contributed by atoms with Crippen LogP contribution in [0.25, 0.3) is 0 Å². The van der Waals surface area contributed by atoms with Gasteiger partial charge in [0.1, 0.15) is 35.9 Å². The summed E-state index contributed by atoms with van der Waals surface area (Å²) >= 11 is 6.40. The van der Waals surface area contributed by atoms with E-state index in [1.165, 1.54) is 24.3 Å². The van der Waals surface area contributed by atoms with Gasteiger partial charge in [-0.25, -0.2) is 17.5 Å². The minimum atomic E-state index is -4.35. The largest absolute Gasteiger partial charge is 0.490 e. The molecule has 0 radical (unpaired) electrons. The second-order valence-corrected chi connectivity index (χ2v) is 11.6. The Labute approximate surface area is 227 Å². The summed E-state index contributed by atoms with van der Waals surface area (Å²) in [5.74, 6) is -0.749. The summed E-state index contributed by atoms with van der Waals surface area (Å²) in [4.78, 5) is 14.3. The lowest BCUT2D eigenvalue weighted by Crippen LogP contribution is -2.50. The molecule has 2 aromatic rings. The number of ether oxygens (including phenoxy) is 3. The van der Waals surface area contributed by atoms with E-state index >= 15 is 0 Å². The number of hydrogen-bond donors (Lipinski definition) is 1. The van der Waals surface area contributed by atoms with Crippen LogP contribution in [0.1, 0.15) is 38.2 Å². The highest BCUT2D eigenvalue weighted by Gasteiger charge is 2.38. The molecule has 1 N–H and O–H groups in total. The molecule has 0 unspecified atom stereocenters. The van der Waals surface area contributed by atoms with E-state index < -0.39 is 33.5 Å². The lowest BCUT2D eigenvalue weighted by molar-refractivity contribution is -0.148. The third-order valence-electron chi connectivity index (χ3n) is 6.06. The molecule has 38 heavy (non-hydrogen) atoms. The Morgan fingerprint density at radius 2 is 2.00 bits per heavy atom. The van der Waals surface area contributed by atoms with E-state index in [1.54, 1.807) is 6.92 Å². The first kappa shape index (κ1) is 29.6. The molecule has 3 rings (SSSR count). The summed E-state index contributed by atoms with van der Waals surface area (Å²) in [6, 6.07) is 9.66. The van der Waals surface area contributed by atoms with Gasteiger partial charge in [0.2, 0.25) is 0 Å². The first-order chi connectivity index (χ1) is 17.9. The number of carbonyl (C=O) groups is 1. The lowest BCUT2D eigenvalue weighted by atomic mass is 9.95. The third-order valence-corrected chi connectivity index (χ3v) is 7.65. The molecule has 1 saturated heterocycles. The van der Waals surface area contributed by atoms with Crippen molar-refractivity contribution in [3.8, 4) is 17.6 Å². The Morgan fingerprint density at radius 3 is 2.61 bits per heavy atom. The van der Waals surface area contributed by atoms with Gasteiger partial charge in [-0.3, -0.25) is 4.79 Å². The summed E-state index contributed by atoms with van der Waals surface area (Å²) in [6.07, 6.45) is 1.84. The Bertz CT molecular complexity index is 1280. The molecule has 0 bridgehead atoms. The van der Waals surface area contributed by atoms with Gasteiger partial charge in [-0.1, -0.05) is 11.6 Å². The highest BCUT2D eigenvalue weighted by Crippen LogP contribution is 2.33. The molecular weight excluding hydrogens is 537 g/mol. The van der Waals surface area contributed by atoms with Crippen LogP contribution in [0.4, 0.5) is 4.39 Å². The van der Waals surface area contributed by atoms with Gasteiger partial charge >= 0.3 is 0 Å². The quantitative estimate of drug-likeness (QED) is 0.434. The van der Waals surface area contributed by atoms with E-state index in [1.807, 2.05) is 29.8 Å². The van der Waals surface area contributed by atoms with Crippen molar-refractivity contribution in [2.45, 2.75) is 49.2 Å². The van der Waals surface area contributed by atoms with Crippen molar-refractivity contribution < 1.29 is 31.8 Å². The number of nitrogens with one attached hydrogen (secondary N) is 1. The van der Waals surface area contributed by atoms with Gasteiger partial charge in [0.15, 0.2) is 5.75 Å². The SMILES string of the molecule is CN(C)CC[C@H](COc1ccc(F)cc1)Oc1c(Cl)cc(S(=O)(=O)NC(=O)[C@@]2(C)CCCCO2)cc1C#N. The number of rotatable bonds is 11. The van der Waals surface area contributed by atoms with Crippen LogP contribution < -0.4 is 14.2 Å². The van der Waals surface area contributed by atoms with E-state index in [0.29, 0.717) is 31.7 Å². The molecule has 0 aromatic heterocycles. The van der Waals surface area contributed by atoms with Gasteiger partial charge in [0, 0.05) is 19.6 Å². The van der Waals surface area contributed by atoms with Crippen LogP contribution in [-0.4, -0.2) is 64.8 Å². The molecule has 9 nitrogen and oxygen atoms in total. The average Bonchev–Trinajstić information content (AvgIpc) is 2.87. The van der Waals surface area contributed by atoms with Crippen molar-refractivity contribution in [1.29, 1.82) is 5.26 Å². The molecule has 1 fully saturated rings. The predicted molar refractivity (Wildman–Crippen MR) is 139 cm³/mol. The van der Waals surface area contributed by atoms with Gasteiger partial charge < -0.3 is 19.1 Å². The summed E-state index contributed by atoms with van der Waals surface area (Å²) in [5, 5.41) is 9.64. The molecule has 0 aliphatic carbocycles. The minimum absolute atomic E-state index is 0.00604. The van der Waals surface area contributed by atoms with Crippen LogP contribution in [-0.2, 0) is 19.6 Å². The van der Waals surface area contributed by atoms with Crippen molar-refractivity contribution in [1.82, 2.24) is 9.62 Å². The van der Waals surface area contributed by atoms with Gasteiger partial charge in [0.05, 0.1) is 15.5 Å². The van der Waals surface area contributed by atoms with Crippen LogP contribution in [0.2, 0.25) is 5.02 Å². The number of nitrogens with zero attached hydrogens (tertiary/aromatic N) is 2. The van der Waals surface area contributed by atoms with Gasteiger partial charge in [0.25, 0.3) is 15.9 Å². The monoisotopic (exact) mass is 567 g/mol. The van der Waals surface area contributed by atoms with E-state index in [2.05, 4.69) is 0 Å². The Balaban J connectivity index is 1.81. The molecule has 2 aromatic carbocycles. The molecule has 12 heteroatoms. The summed E-state index contributed by atoms with van der Waals surface area (Å²) in [6.45, 7) is 2.59. The van der Waals surface area contributed by atoms with Crippen molar-refractivity contribution in [3.05, 3.63) is 52.8 Å². The molecule has 206 valence electrons. The number of halogens is 2. The van der Waals surface area contributed by atoms with Crippen LogP contribution in [0.15, 0.2) is 41.3 Å². The second-order valence-electron chi connectivity index (χ2n) is 9.46. The Kier molecular flexibility index (Phi) is 9.95. The number of benzene rings is 2. The summed E-state index contributed by atoms with van der Waals surface area (Å²) in [5.41, 5.74) is -1.39. The zero-order chi connectivity index (χ0) is 27.9. The summed E-state index contributed by atoms with van der Waals surface area (Å²) < 4.78 is 58.5. The zero-order valence-electron chi connectivity index (χ0n) is 21.5. The maximum absolute atomic E-state index is 13.2. The van der Waals surface area contributed by atoms with Crippen LogP contribution in [0.3, 0.4) is 0 Å². The molecule has 1 aliphatic rings. The highest BCUT2D eigenvalue weighted by molar-refractivity contribution is 7.90. The fraction of sp³-hybridized carbons (Fsp3) is 0.462. The first-order valence-corrected chi connectivity index (χ1v) is 13.9. The van der Waals surface area contributed by atoms with E-state index in [0.717, 1.165) is 25.0 Å². The third kappa shape index (κ3) is 7.80.